The molecule has 0 heterocycles. The Labute approximate surface area is 159 Å². The zero-order valence-electron chi connectivity index (χ0n) is 14.3. The first kappa shape index (κ1) is 19.3. The number of hydrogen-bond acceptors (Lipinski definition) is 6. The Hall–Kier alpha value is -2.06. The van der Waals surface area contributed by atoms with Gasteiger partial charge in [0.2, 0.25) is 0 Å². The van der Waals surface area contributed by atoms with Crippen LogP contribution in [0.4, 0.5) is 0 Å². The average Bonchev–Trinajstić information content (AvgIpc) is 2.64. The summed E-state index contributed by atoms with van der Waals surface area (Å²) in [6.45, 7) is 0. The van der Waals surface area contributed by atoms with Crippen molar-refractivity contribution in [1.82, 2.24) is 4.72 Å². The summed E-state index contributed by atoms with van der Waals surface area (Å²) in [5, 5.41) is 4.07. The molecule has 0 aliphatic rings. The lowest BCUT2D eigenvalue weighted by Gasteiger charge is -2.15. The van der Waals surface area contributed by atoms with Gasteiger partial charge < -0.3 is 23.8 Å². The molecule has 0 aliphatic heterocycles. The summed E-state index contributed by atoms with van der Waals surface area (Å²) in [6.07, 6.45) is 0. The lowest BCUT2D eigenvalue weighted by molar-refractivity contribution is 0.213. The summed E-state index contributed by atoms with van der Waals surface area (Å²) in [6, 6.07) is 11.2. The van der Waals surface area contributed by atoms with Gasteiger partial charge in [-0.15, -0.1) is 0 Å². The van der Waals surface area contributed by atoms with Crippen LogP contribution in [-0.4, -0.2) is 34.3 Å². The van der Waals surface area contributed by atoms with Gasteiger partial charge in [-0.25, -0.2) is 0 Å². The molecule has 0 aromatic heterocycles. The summed E-state index contributed by atoms with van der Waals surface area (Å²) < 4.78 is 20.3. The molecule has 1 N–H and O–H groups in total. The molecule has 0 aliphatic carbocycles. The lowest BCUT2D eigenvalue weighted by atomic mass is 10.2. The molecule has 0 amide bonds. The third-order valence-corrected chi connectivity index (χ3v) is 4.63. The summed E-state index contributed by atoms with van der Waals surface area (Å²) in [5.41, 5.74) is 0.758. The minimum absolute atomic E-state index is 0.504. The molecule has 134 valence electrons. The van der Waals surface area contributed by atoms with E-state index in [1.807, 2.05) is 36.4 Å². The quantitative estimate of drug-likeness (QED) is 0.311. The first-order valence-electron chi connectivity index (χ1n) is 7.23. The second kappa shape index (κ2) is 9.43. The fourth-order valence-electron chi connectivity index (χ4n) is 2.09. The first-order valence-corrected chi connectivity index (χ1v) is 8.84. The number of halogens is 1. The Morgan fingerprint density at radius 3 is 2.16 bits per heavy atom. The van der Waals surface area contributed by atoms with E-state index < -0.39 is 0 Å². The van der Waals surface area contributed by atoms with Crippen molar-refractivity contribution in [1.29, 1.82) is 0 Å². The van der Waals surface area contributed by atoms with E-state index in [2.05, 4.69) is 25.8 Å². The van der Waals surface area contributed by atoms with Gasteiger partial charge in [0.15, 0.2) is 5.84 Å². The Bertz CT molecular complexity index is 733. The van der Waals surface area contributed by atoms with Crippen LogP contribution in [0.3, 0.4) is 0 Å². The molecular formula is C17H19BrN2O4S. The van der Waals surface area contributed by atoms with Crippen LogP contribution in [0.25, 0.3) is 0 Å². The minimum atomic E-state index is 0.504. The van der Waals surface area contributed by atoms with E-state index in [4.69, 9.17) is 19.0 Å². The predicted octanol–water partition coefficient (Wildman–Crippen LogP) is 4.08. The van der Waals surface area contributed by atoms with Gasteiger partial charge in [-0.3, -0.25) is 0 Å². The molecule has 25 heavy (non-hydrogen) atoms. The van der Waals surface area contributed by atoms with Crippen LogP contribution >= 0.6 is 27.9 Å². The van der Waals surface area contributed by atoms with Gasteiger partial charge in [0.25, 0.3) is 0 Å². The van der Waals surface area contributed by atoms with Crippen LogP contribution in [0.15, 0.2) is 50.9 Å². The highest BCUT2D eigenvalue weighted by molar-refractivity contribution is 9.10. The van der Waals surface area contributed by atoms with Crippen LogP contribution in [0.1, 0.15) is 5.56 Å². The summed E-state index contributed by atoms with van der Waals surface area (Å²) >= 11 is 4.74. The van der Waals surface area contributed by atoms with Crippen molar-refractivity contribution in [3.05, 3.63) is 46.4 Å². The van der Waals surface area contributed by atoms with Crippen molar-refractivity contribution in [2.45, 2.75) is 4.90 Å². The third kappa shape index (κ3) is 4.73. The molecule has 0 saturated heterocycles. The second-order valence-corrected chi connectivity index (χ2v) is 6.40. The number of methoxy groups -OCH3 is 3. The SMILES string of the molecule is CO/N=C(/NSc1c(OC)cccc1OC)c1ccc(Br)cc1OC. The molecular weight excluding hydrogens is 408 g/mol. The van der Waals surface area contributed by atoms with E-state index in [1.165, 1.54) is 19.1 Å². The maximum absolute atomic E-state index is 5.43. The van der Waals surface area contributed by atoms with E-state index in [9.17, 15) is 0 Å². The van der Waals surface area contributed by atoms with Crippen molar-refractivity contribution in [2.24, 2.45) is 5.16 Å². The van der Waals surface area contributed by atoms with Crippen molar-refractivity contribution < 1.29 is 19.0 Å². The highest BCUT2D eigenvalue weighted by Crippen LogP contribution is 2.36. The molecule has 8 heteroatoms. The molecule has 0 unspecified atom stereocenters. The van der Waals surface area contributed by atoms with E-state index >= 15 is 0 Å². The Balaban J connectivity index is 2.32. The van der Waals surface area contributed by atoms with Crippen LogP contribution in [-0.2, 0) is 4.84 Å². The number of ether oxygens (including phenoxy) is 3. The van der Waals surface area contributed by atoms with Crippen molar-refractivity contribution in [2.75, 3.05) is 28.4 Å². The number of rotatable bonds is 7. The molecule has 0 saturated carbocycles. The number of nitrogens with zero attached hydrogens (tertiary/aromatic N) is 1. The van der Waals surface area contributed by atoms with E-state index in [-0.39, 0.29) is 0 Å². The standard InChI is InChI=1S/C17H19BrN2O4S/c1-21-13-6-5-7-14(22-2)16(13)25-20-17(19-24-4)12-9-8-11(18)10-15(12)23-3/h5-10H,1-4H3,(H,19,20). The van der Waals surface area contributed by atoms with Crippen molar-refractivity contribution in [3.63, 3.8) is 0 Å². The molecule has 0 fully saturated rings. The predicted molar refractivity (Wildman–Crippen MR) is 103 cm³/mol. The van der Waals surface area contributed by atoms with Crippen molar-refractivity contribution in [3.8, 4) is 17.2 Å². The topological polar surface area (TPSA) is 61.3 Å². The van der Waals surface area contributed by atoms with Gasteiger partial charge >= 0.3 is 0 Å². The molecule has 0 spiro atoms. The van der Waals surface area contributed by atoms with Crippen LogP contribution in [0.5, 0.6) is 17.2 Å². The highest BCUT2D eigenvalue weighted by atomic mass is 79.9. The number of amidine groups is 1. The van der Waals surface area contributed by atoms with Crippen LogP contribution < -0.4 is 18.9 Å². The summed E-state index contributed by atoms with van der Waals surface area (Å²) in [7, 11) is 6.31. The summed E-state index contributed by atoms with van der Waals surface area (Å²) in [4.78, 5) is 5.77. The maximum Gasteiger partial charge on any atom is 0.186 e. The van der Waals surface area contributed by atoms with Gasteiger partial charge in [-0.2, -0.15) is 0 Å². The van der Waals surface area contributed by atoms with Gasteiger partial charge in [0, 0.05) is 4.47 Å². The van der Waals surface area contributed by atoms with E-state index in [0.717, 1.165) is 14.9 Å². The average molecular weight is 427 g/mol. The van der Waals surface area contributed by atoms with Crippen molar-refractivity contribution >= 4 is 33.7 Å². The Morgan fingerprint density at radius 2 is 1.60 bits per heavy atom. The number of benzene rings is 2. The smallest absolute Gasteiger partial charge is 0.186 e. The minimum Gasteiger partial charge on any atom is -0.496 e. The lowest BCUT2D eigenvalue weighted by Crippen LogP contribution is -2.19. The monoisotopic (exact) mass is 426 g/mol. The Morgan fingerprint density at radius 1 is 0.960 bits per heavy atom. The fourth-order valence-corrected chi connectivity index (χ4v) is 3.28. The zero-order valence-corrected chi connectivity index (χ0v) is 16.7. The zero-order chi connectivity index (χ0) is 18.2. The van der Waals surface area contributed by atoms with E-state index in [1.54, 1.807) is 21.3 Å². The highest BCUT2D eigenvalue weighted by Gasteiger charge is 2.16. The maximum atomic E-state index is 5.43. The largest absolute Gasteiger partial charge is 0.496 e. The summed E-state index contributed by atoms with van der Waals surface area (Å²) in [5.74, 6) is 2.54. The molecule has 2 aromatic rings. The third-order valence-electron chi connectivity index (χ3n) is 3.23. The van der Waals surface area contributed by atoms with E-state index in [0.29, 0.717) is 23.1 Å². The van der Waals surface area contributed by atoms with Gasteiger partial charge in [0.1, 0.15) is 29.3 Å². The van der Waals surface area contributed by atoms with Gasteiger partial charge in [-0.05, 0) is 42.3 Å². The first-order chi connectivity index (χ1) is 12.1. The van der Waals surface area contributed by atoms with Gasteiger partial charge in [-0.1, -0.05) is 27.2 Å². The molecule has 2 rings (SSSR count). The number of hydrogen-bond donors (Lipinski definition) is 1. The molecule has 2 aromatic carbocycles. The Kier molecular flexibility index (Phi) is 7.27. The normalized spacial score (nSPS) is 11.0. The van der Waals surface area contributed by atoms with Crippen LogP contribution in [0.2, 0.25) is 0 Å². The van der Waals surface area contributed by atoms with Crippen LogP contribution in [0, 0.1) is 0 Å². The van der Waals surface area contributed by atoms with Gasteiger partial charge in [0.05, 0.1) is 26.9 Å². The molecule has 6 nitrogen and oxygen atoms in total. The number of nitrogens with one attached hydrogen (secondary N) is 1. The number of oxime groups is 1. The molecule has 0 atom stereocenters. The fraction of sp³-hybridized carbons (Fsp3) is 0.235. The molecule has 0 bridgehead atoms. The second-order valence-electron chi connectivity index (χ2n) is 4.66. The molecule has 0 radical (unpaired) electrons.